The van der Waals surface area contributed by atoms with Gasteiger partial charge in [-0.1, -0.05) is 23.2 Å². The fraction of sp³-hybridized carbons (Fsp3) is 0. The molecule has 0 bridgehead atoms. The molecule has 0 radical (unpaired) electrons. The van der Waals surface area contributed by atoms with E-state index in [1.54, 1.807) is 0 Å². The van der Waals surface area contributed by atoms with Gasteiger partial charge in [-0.3, -0.25) is 9.71 Å². The van der Waals surface area contributed by atoms with Gasteiger partial charge >= 0.3 is 0 Å². The summed E-state index contributed by atoms with van der Waals surface area (Å²) in [6.45, 7) is 0. The number of rotatable bonds is 3. The molecule has 6 nitrogen and oxygen atoms in total. The normalized spacial score (nSPS) is 11.3. The van der Waals surface area contributed by atoms with E-state index in [1.807, 2.05) is 0 Å². The van der Waals surface area contributed by atoms with E-state index in [1.165, 1.54) is 18.3 Å². The number of sulfonamides is 1. The summed E-state index contributed by atoms with van der Waals surface area (Å²) in [4.78, 5) is 7.41. The van der Waals surface area contributed by atoms with Gasteiger partial charge in [0.15, 0.2) is 10.8 Å². The van der Waals surface area contributed by atoms with Crippen LogP contribution in [0.1, 0.15) is 0 Å². The zero-order valence-corrected chi connectivity index (χ0v) is 13.4. The maximum atomic E-state index is 12.1. The molecule has 0 aliphatic carbocycles. The van der Waals surface area contributed by atoms with Gasteiger partial charge in [0.25, 0.3) is 10.0 Å². The first-order valence-corrected chi connectivity index (χ1v) is 8.02. The van der Waals surface area contributed by atoms with Crippen molar-refractivity contribution in [1.29, 1.82) is 0 Å². The Balaban J connectivity index is 2.41. The number of aromatic nitrogens is 2. The summed E-state index contributed by atoms with van der Waals surface area (Å²) in [7, 11) is -4.02. The molecule has 0 aliphatic heterocycles. The van der Waals surface area contributed by atoms with E-state index in [0.717, 1.165) is 6.20 Å². The third-order valence-corrected chi connectivity index (χ3v) is 4.87. The van der Waals surface area contributed by atoms with Gasteiger partial charge in [-0.2, -0.15) is 8.42 Å². The lowest BCUT2D eigenvalue weighted by atomic mass is 10.4. The Kier molecular flexibility index (Phi) is 4.38. The van der Waals surface area contributed by atoms with Gasteiger partial charge in [0, 0.05) is 6.20 Å². The number of nitrogens with one attached hydrogen (secondary N) is 1. The van der Waals surface area contributed by atoms with Crippen LogP contribution in [0.3, 0.4) is 0 Å². The molecule has 0 atom stereocenters. The molecule has 0 saturated heterocycles. The molecule has 0 amide bonds. The van der Waals surface area contributed by atoms with Crippen LogP contribution in [0.4, 0.5) is 5.69 Å². The molecule has 0 unspecified atom stereocenters. The highest BCUT2D eigenvalue weighted by molar-refractivity contribution is 9.10. The Morgan fingerprint density at radius 3 is 2.60 bits per heavy atom. The van der Waals surface area contributed by atoms with Gasteiger partial charge in [-0.05, 0) is 28.1 Å². The smallest absolute Gasteiger partial charge is 0.279 e. The van der Waals surface area contributed by atoms with Crippen LogP contribution < -0.4 is 4.72 Å². The molecule has 2 N–H and O–H groups in total. The van der Waals surface area contributed by atoms with E-state index >= 15 is 0 Å². The topological polar surface area (TPSA) is 92.2 Å². The third-order valence-electron chi connectivity index (χ3n) is 2.17. The minimum atomic E-state index is -4.02. The fourth-order valence-electron chi connectivity index (χ4n) is 1.25. The highest BCUT2D eigenvalue weighted by atomic mass is 79.9. The van der Waals surface area contributed by atoms with Crippen molar-refractivity contribution in [2.75, 3.05) is 4.72 Å². The maximum Gasteiger partial charge on any atom is 0.279 e. The zero-order chi connectivity index (χ0) is 14.9. The predicted octanol–water partition coefficient (Wildman–Crippen LogP) is 3.05. The number of aromatic hydroxyl groups is 1. The summed E-state index contributed by atoms with van der Waals surface area (Å²) >= 11 is 14.5. The highest BCUT2D eigenvalue weighted by Crippen LogP contribution is 2.31. The van der Waals surface area contributed by atoms with Crippen LogP contribution in [0.15, 0.2) is 34.0 Å². The summed E-state index contributed by atoms with van der Waals surface area (Å²) < 4.78 is 26.8. The number of halogens is 3. The molecule has 10 heteroatoms. The number of pyridine rings is 2. The Bertz CT molecular complexity index is 770. The largest absolute Gasteiger partial charge is 0.504 e. The van der Waals surface area contributed by atoms with E-state index < -0.39 is 15.8 Å². The van der Waals surface area contributed by atoms with Crippen LogP contribution in [0.2, 0.25) is 10.2 Å². The SMILES string of the molecule is O=S(=O)(Nc1cncc(Cl)c1O)c1ccc(Br)c(Cl)n1. The highest BCUT2D eigenvalue weighted by Gasteiger charge is 2.19. The van der Waals surface area contributed by atoms with E-state index in [9.17, 15) is 13.5 Å². The quantitative estimate of drug-likeness (QED) is 0.775. The first-order valence-electron chi connectivity index (χ1n) is 4.98. The first kappa shape index (κ1) is 15.3. The number of nitrogens with zero attached hydrogens (tertiary/aromatic N) is 2. The average molecular weight is 399 g/mol. The molecule has 2 rings (SSSR count). The van der Waals surface area contributed by atoms with Crippen LogP contribution in [0, 0.1) is 0 Å². The lowest BCUT2D eigenvalue weighted by molar-refractivity contribution is 0.477. The zero-order valence-electron chi connectivity index (χ0n) is 9.51. The van der Waals surface area contributed by atoms with Crippen LogP contribution in [-0.4, -0.2) is 23.5 Å². The molecule has 0 fully saturated rings. The van der Waals surface area contributed by atoms with E-state index in [-0.39, 0.29) is 20.9 Å². The van der Waals surface area contributed by atoms with E-state index in [2.05, 4.69) is 30.6 Å². The van der Waals surface area contributed by atoms with Gasteiger partial charge in [-0.25, -0.2) is 4.98 Å². The Morgan fingerprint density at radius 1 is 1.25 bits per heavy atom. The second-order valence-corrected chi connectivity index (χ2v) is 6.79. The Labute approximate surface area is 133 Å². The molecule has 2 aromatic rings. The van der Waals surface area contributed by atoms with Gasteiger partial charge < -0.3 is 5.11 Å². The maximum absolute atomic E-state index is 12.1. The molecule has 106 valence electrons. The molecular weight excluding hydrogens is 393 g/mol. The molecule has 0 aromatic carbocycles. The van der Waals surface area contributed by atoms with Crippen molar-refractivity contribution in [3.8, 4) is 5.75 Å². The summed E-state index contributed by atoms with van der Waals surface area (Å²) in [5.41, 5.74) is -0.154. The first-order chi connectivity index (χ1) is 9.31. The number of hydrogen-bond acceptors (Lipinski definition) is 5. The van der Waals surface area contributed by atoms with Gasteiger partial charge in [-0.15, -0.1) is 0 Å². The molecule has 20 heavy (non-hydrogen) atoms. The molecule has 0 spiro atoms. The van der Waals surface area contributed by atoms with E-state index in [4.69, 9.17) is 23.2 Å². The summed E-state index contributed by atoms with van der Waals surface area (Å²) in [5.74, 6) is -0.423. The van der Waals surface area contributed by atoms with Crippen LogP contribution in [-0.2, 0) is 10.0 Å². The minimum absolute atomic E-state index is 0.00122. The van der Waals surface area contributed by atoms with Crippen LogP contribution in [0.25, 0.3) is 0 Å². The monoisotopic (exact) mass is 397 g/mol. The average Bonchev–Trinajstić information content (AvgIpc) is 2.38. The van der Waals surface area contributed by atoms with Crippen molar-refractivity contribution in [2.24, 2.45) is 0 Å². The lowest BCUT2D eigenvalue weighted by Crippen LogP contribution is -2.15. The Morgan fingerprint density at radius 2 is 1.95 bits per heavy atom. The predicted molar refractivity (Wildman–Crippen MR) is 78.7 cm³/mol. The number of hydrogen-bond donors (Lipinski definition) is 2. The fourth-order valence-corrected chi connectivity index (χ4v) is 2.84. The van der Waals surface area contributed by atoms with Crippen LogP contribution in [0.5, 0.6) is 5.75 Å². The van der Waals surface area contributed by atoms with Gasteiger partial charge in [0.1, 0.15) is 15.9 Å². The van der Waals surface area contributed by atoms with Crippen LogP contribution >= 0.6 is 39.1 Å². The number of anilines is 1. The second-order valence-electron chi connectivity index (χ2n) is 3.55. The Hall–Kier alpha value is -1.09. The third kappa shape index (κ3) is 3.14. The molecule has 0 aliphatic rings. The molecule has 2 aromatic heterocycles. The van der Waals surface area contributed by atoms with Crippen molar-refractivity contribution in [1.82, 2.24) is 9.97 Å². The lowest BCUT2D eigenvalue weighted by Gasteiger charge is -2.09. The van der Waals surface area contributed by atoms with Crippen molar-refractivity contribution < 1.29 is 13.5 Å². The molecule has 0 saturated carbocycles. The van der Waals surface area contributed by atoms with Gasteiger partial charge in [0.05, 0.1) is 10.7 Å². The molecule has 2 heterocycles. The summed E-state index contributed by atoms with van der Waals surface area (Å²) in [6, 6.07) is 2.70. The minimum Gasteiger partial charge on any atom is -0.504 e. The van der Waals surface area contributed by atoms with Gasteiger partial charge in [0.2, 0.25) is 0 Å². The van der Waals surface area contributed by atoms with Crippen molar-refractivity contribution in [2.45, 2.75) is 5.03 Å². The van der Waals surface area contributed by atoms with E-state index in [0.29, 0.717) is 4.47 Å². The standard InChI is InChI=1S/C10H6BrCl2N3O3S/c11-5-1-2-8(15-10(5)13)20(18,19)16-7-4-14-3-6(12)9(7)17/h1-4,16H,(H,14,17). The molecular formula is C10H6BrCl2N3O3S. The summed E-state index contributed by atoms with van der Waals surface area (Å²) in [5, 5.41) is 9.28. The van der Waals surface area contributed by atoms with Crippen molar-refractivity contribution in [3.63, 3.8) is 0 Å². The summed E-state index contributed by atoms with van der Waals surface area (Å²) in [6.07, 6.45) is 2.31. The van der Waals surface area contributed by atoms with Crippen molar-refractivity contribution in [3.05, 3.63) is 39.2 Å². The van der Waals surface area contributed by atoms with Crippen molar-refractivity contribution >= 4 is 54.8 Å². The second kappa shape index (κ2) is 5.72.